The van der Waals surface area contributed by atoms with Crippen LogP contribution < -0.4 is 14.4 Å². The van der Waals surface area contributed by atoms with Crippen molar-refractivity contribution in [2.45, 2.75) is 12.0 Å². The van der Waals surface area contributed by atoms with E-state index in [0.717, 1.165) is 11.3 Å². The Morgan fingerprint density at radius 1 is 0.900 bits per heavy atom. The second-order valence-corrected chi connectivity index (χ2v) is 7.93. The Morgan fingerprint density at radius 3 is 2.07 bits per heavy atom. The van der Waals surface area contributed by atoms with Crippen molar-refractivity contribution in [3.05, 3.63) is 83.4 Å². The lowest BCUT2D eigenvalue weighted by Gasteiger charge is -2.24. The van der Waals surface area contributed by atoms with Gasteiger partial charge in [-0.15, -0.1) is 11.8 Å². The van der Waals surface area contributed by atoms with E-state index in [1.165, 1.54) is 23.9 Å². The van der Waals surface area contributed by atoms with Crippen LogP contribution in [0.25, 0.3) is 0 Å². The minimum absolute atomic E-state index is 0.0238. The molecule has 3 aromatic rings. The molecule has 154 valence electrons. The molecule has 0 aliphatic carbocycles. The Balaban J connectivity index is 1.51. The van der Waals surface area contributed by atoms with Crippen molar-refractivity contribution in [3.63, 3.8) is 0 Å². The highest BCUT2D eigenvalue weighted by atomic mass is 35.5. The first-order chi connectivity index (χ1) is 14.5. The molecule has 3 aromatic carbocycles. The zero-order valence-electron chi connectivity index (χ0n) is 15.5. The van der Waals surface area contributed by atoms with Gasteiger partial charge in [-0.25, -0.2) is 0 Å². The number of thioether (sulfide) groups is 1. The summed E-state index contributed by atoms with van der Waals surface area (Å²) in [7, 11) is 0. The zero-order valence-corrected chi connectivity index (χ0v) is 17.1. The van der Waals surface area contributed by atoms with Crippen molar-refractivity contribution in [3.8, 4) is 17.2 Å². The number of benzene rings is 3. The molecule has 1 fully saturated rings. The van der Waals surface area contributed by atoms with Gasteiger partial charge in [-0.3, -0.25) is 9.69 Å². The van der Waals surface area contributed by atoms with Gasteiger partial charge in [-0.2, -0.15) is 8.78 Å². The van der Waals surface area contributed by atoms with E-state index in [1.807, 2.05) is 12.1 Å². The lowest BCUT2D eigenvalue weighted by atomic mass is 10.1. The number of alkyl halides is 2. The van der Waals surface area contributed by atoms with Gasteiger partial charge in [0.05, 0.1) is 5.75 Å². The first kappa shape index (κ1) is 20.5. The number of hydrogen-bond donors (Lipinski definition) is 0. The van der Waals surface area contributed by atoms with Crippen molar-refractivity contribution in [2.75, 3.05) is 10.7 Å². The Labute approximate surface area is 181 Å². The summed E-state index contributed by atoms with van der Waals surface area (Å²) < 4.78 is 34.9. The largest absolute Gasteiger partial charge is 0.457 e. The molecule has 1 atom stereocenters. The van der Waals surface area contributed by atoms with E-state index in [0.29, 0.717) is 22.3 Å². The number of ether oxygens (including phenoxy) is 2. The maximum absolute atomic E-state index is 12.5. The quantitative estimate of drug-likeness (QED) is 0.431. The van der Waals surface area contributed by atoms with Crippen LogP contribution in [0.1, 0.15) is 10.9 Å². The van der Waals surface area contributed by atoms with Gasteiger partial charge in [0.15, 0.2) is 0 Å². The molecule has 4 rings (SSSR count). The number of hydrogen-bond acceptors (Lipinski definition) is 4. The molecular formula is C22H16ClF2NO3S. The molecule has 8 heteroatoms. The highest BCUT2D eigenvalue weighted by Crippen LogP contribution is 2.42. The van der Waals surface area contributed by atoms with Gasteiger partial charge < -0.3 is 9.47 Å². The van der Waals surface area contributed by atoms with Crippen LogP contribution in [0.4, 0.5) is 14.5 Å². The Hall–Kier alpha value is -2.77. The summed E-state index contributed by atoms with van der Waals surface area (Å²) in [6.07, 6.45) is 0. The van der Waals surface area contributed by atoms with E-state index >= 15 is 0 Å². The topological polar surface area (TPSA) is 38.8 Å². The summed E-state index contributed by atoms with van der Waals surface area (Å²) in [4.78, 5) is 14.2. The van der Waals surface area contributed by atoms with E-state index in [2.05, 4.69) is 4.74 Å². The molecule has 0 saturated carbocycles. The molecule has 30 heavy (non-hydrogen) atoms. The van der Waals surface area contributed by atoms with Crippen LogP contribution in [0.5, 0.6) is 17.2 Å². The van der Waals surface area contributed by atoms with Crippen molar-refractivity contribution < 1.29 is 23.0 Å². The van der Waals surface area contributed by atoms with E-state index in [1.54, 1.807) is 53.4 Å². The van der Waals surface area contributed by atoms with Gasteiger partial charge >= 0.3 is 6.61 Å². The molecule has 0 N–H and O–H groups in total. The minimum Gasteiger partial charge on any atom is -0.457 e. The number of nitrogens with zero attached hydrogens (tertiary/aromatic N) is 1. The smallest absolute Gasteiger partial charge is 0.387 e. The predicted molar refractivity (Wildman–Crippen MR) is 114 cm³/mol. The second kappa shape index (κ2) is 8.93. The Morgan fingerprint density at radius 2 is 1.47 bits per heavy atom. The van der Waals surface area contributed by atoms with Crippen molar-refractivity contribution >= 4 is 35.0 Å². The fraction of sp³-hybridized carbons (Fsp3) is 0.136. The van der Waals surface area contributed by atoms with Gasteiger partial charge in [-0.05, 0) is 66.2 Å². The molecular weight excluding hydrogens is 432 g/mol. The normalized spacial score (nSPS) is 16.2. The second-order valence-electron chi connectivity index (χ2n) is 6.42. The summed E-state index contributed by atoms with van der Waals surface area (Å²) in [6, 6.07) is 20.6. The maximum atomic E-state index is 12.5. The van der Waals surface area contributed by atoms with E-state index < -0.39 is 6.61 Å². The van der Waals surface area contributed by atoms with Crippen LogP contribution in [0.15, 0.2) is 72.8 Å². The highest BCUT2D eigenvalue weighted by Gasteiger charge is 2.34. The average molecular weight is 448 g/mol. The molecule has 1 amide bonds. The summed E-state index contributed by atoms with van der Waals surface area (Å²) in [5.74, 6) is 1.68. The van der Waals surface area contributed by atoms with Gasteiger partial charge in [0, 0.05) is 10.7 Å². The SMILES string of the molecule is O=C1CS[C@@H](c2ccc(OC(F)F)cc2)N1c1ccc(Oc2ccc(Cl)cc2)cc1. The molecule has 0 unspecified atom stereocenters. The van der Waals surface area contributed by atoms with Crippen LogP contribution in [0.2, 0.25) is 5.02 Å². The third kappa shape index (κ3) is 4.68. The lowest BCUT2D eigenvalue weighted by molar-refractivity contribution is -0.115. The van der Waals surface area contributed by atoms with Gasteiger partial charge in [-0.1, -0.05) is 23.7 Å². The number of rotatable bonds is 6. The van der Waals surface area contributed by atoms with E-state index in [4.69, 9.17) is 16.3 Å². The van der Waals surface area contributed by atoms with Gasteiger partial charge in [0.1, 0.15) is 22.6 Å². The predicted octanol–water partition coefficient (Wildman–Crippen LogP) is 6.51. The zero-order chi connectivity index (χ0) is 21.1. The van der Waals surface area contributed by atoms with Gasteiger partial charge in [0.2, 0.25) is 5.91 Å². The molecule has 1 heterocycles. The molecule has 0 radical (unpaired) electrons. The fourth-order valence-corrected chi connectivity index (χ4v) is 4.38. The first-order valence-corrected chi connectivity index (χ1v) is 10.4. The number of anilines is 1. The summed E-state index contributed by atoms with van der Waals surface area (Å²) in [5.41, 5.74) is 1.56. The van der Waals surface area contributed by atoms with Crippen molar-refractivity contribution in [1.82, 2.24) is 0 Å². The van der Waals surface area contributed by atoms with E-state index in [-0.39, 0.29) is 17.0 Å². The minimum atomic E-state index is -2.87. The number of carbonyl (C=O) groups is 1. The standard InChI is InChI=1S/C22H16ClF2NO3S/c23-15-3-9-17(10-4-15)28-18-11-5-16(6-12-18)26-20(27)13-30-21(26)14-1-7-19(8-2-14)29-22(24)25/h1-12,21-22H,13H2/t21-/m0/s1. The van der Waals surface area contributed by atoms with Crippen LogP contribution in [-0.2, 0) is 4.79 Å². The van der Waals surface area contributed by atoms with Crippen molar-refractivity contribution in [2.24, 2.45) is 0 Å². The molecule has 1 saturated heterocycles. The summed E-state index contributed by atoms with van der Waals surface area (Å²) >= 11 is 7.36. The fourth-order valence-electron chi connectivity index (χ4n) is 3.08. The van der Waals surface area contributed by atoms with E-state index in [9.17, 15) is 13.6 Å². The number of halogens is 3. The number of carbonyl (C=O) groups excluding carboxylic acids is 1. The molecule has 0 aromatic heterocycles. The van der Waals surface area contributed by atoms with Crippen LogP contribution in [0.3, 0.4) is 0 Å². The van der Waals surface area contributed by atoms with Gasteiger partial charge in [0.25, 0.3) is 0 Å². The molecule has 0 spiro atoms. The molecule has 4 nitrogen and oxygen atoms in total. The van der Waals surface area contributed by atoms with Crippen LogP contribution >= 0.6 is 23.4 Å². The lowest BCUT2D eigenvalue weighted by Crippen LogP contribution is -2.27. The Kier molecular flexibility index (Phi) is 6.11. The third-order valence-electron chi connectivity index (χ3n) is 4.42. The Bertz CT molecular complexity index is 1010. The first-order valence-electron chi connectivity index (χ1n) is 9.01. The van der Waals surface area contributed by atoms with Crippen LogP contribution in [0, 0.1) is 0 Å². The highest BCUT2D eigenvalue weighted by molar-refractivity contribution is 8.00. The molecule has 0 bridgehead atoms. The monoisotopic (exact) mass is 447 g/mol. The summed E-state index contributed by atoms with van der Waals surface area (Å²) in [5, 5.41) is 0.378. The summed E-state index contributed by atoms with van der Waals surface area (Å²) in [6.45, 7) is -2.87. The molecule has 1 aliphatic rings. The number of amides is 1. The third-order valence-corrected chi connectivity index (χ3v) is 5.89. The maximum Gasteiger partial charge on any atom is 0.387 e. The van der Waals surface area contributed by atoms with Crippen molar-refractivity contribution in [1.29, 1.82) is 0 Å². The van der Waals surface area contributed by atoms with Crippen LogP contribution in [-0.4, -0.2) is 18.3 Å². The molecule has 1 aliphatic heterocycles. The average Bonchev–Trinajstić information content (AvgIpc) is 3.12.